The van der Waals surface area contributed by atoms with E-state index in [1.54, 1.807) is 36.2 Å². The van der Waals surface area contributed by atoms with Crippen LogP contribution in [0.3, 0.4) is 0 Å². The molecule has 0 aliphatic carbocycles. The summed E-state index contributed by atoms with van der Waals surface area (Å²) < 4.78 is 0. The van der Waals surface area contributed by atoms with Gasteiger partial charge in [-0.2, -0.15) is 5.26 Å². The normalized spacial score (nSPS) is 13.6. The highest BCUT2D eigenvalue weighted by atomic mass is 16.2. The number of hydrogen-bond acceptors (Lipinski definition) is 3. The fraction of sp³-hybridized carbons (Fsp3) is 0.182. The van der Waals surface area contributed by atoms with Crippen LogP contribution in [-0.4, -0.2) is 18.7 Å². The van der Waals surface area contributed by atoms with E-state index in [0.717, 1.165) is 11.3 Å². The lowest BCUT2D eigenvalue weighted by molar-refractivity contribution is -0.117. The van der Waals surface area contributed by atoms with Crippen molar-refractivity contribution in [3.63, 3.8) is 0 Å². The van der Waals surface area contributed by atoms with Crippen molar-refractivity contribution in [2.45, 2.75) is 6.42 Å². The first-order valence-electron chi connectivity index (χ1n) is 4.47. The summed E-state index contributed by atoms with van der Waals surface area (Å²) in [5.74, 6) is -0.564. The number of rotatable bonds is 1. The summed E-state index contributed by atoms with van der Waals surface area (Å²) in [6.07, 6.45) is 0.304. The van der Waals surface area contributed by atoms with Crippen molar-refractivity contribution in [3.8, 4) is 6.07 Å². The maximum Gasteiger partial charge on any atom is 0.262 e. The molecule has 0 bridgehead atoms. The molecule has 0 atom stereocenters. The third-order valence-corrected chi connectivity index (χ3v) is 2.52. The molecule has 1 amide bonds. The molecule has 1 aliphatic heterocycles. The number of hydrogen-bond donors (Lipinski definition) is 0. The van der Waals surface area contributed by atoms with Crippen molar-refractivity contribution in [3.05, 3.63) is 29.3 Å². The molecule has 15 heavy (non-hydrogen) atoms. The van der Waals surface area contributed by atoms with Gasteiger partial charge in [0.15, 0.2) is 0 Å². The van der Waals surface area contributed by atoms with Gasteiger partial charge in [0.25, 0.3) is 5.78 Å². The zero-order chi connectivity index (χ0) is 11.0. The highest BCUT2D eigenvalue weighted by Crippen LogP contribution is 2.28. The molecule has 1 aliphatic rings. The Morgan fingerprint density at radius 2 is 2.27 bits per heavy atom. The highest BCUT2D eigenvalue weighted by Gasteiger charge is 2.24. The number of carbonyl (C=O) groups excluding carboxylic acids is 2. The summed E-state index contributed by atoms with van der Waals surface area (Å²) in [5.41, 5.74) is 1.97. The molecule has 0 fully saturated rings. The van der Waals surface area contributed by atoms with Gasteiger partial charge in [0, 0.05) is 18.3 Å². The molecule has 0 spiro atoms. The minimum atomic E-state index is -0.570. The van der Waals surface area contributed by atoms with Crippen LogP contribution in [0.1, 0.15) is 15.9 Å². The largest absolute Gasteiger partial charge is 0.315 e. The van der Waals surface area contributed by atoms with E-state index >= 15 is 0 Å². The Balaban J connectivity index is 2.47. The van der Waals surface area contributed by atoms with Gasteiger partial charge in [0.05, 0.1) is 6.42 Å². The number of ketones is 1. The van der Waals surface area contributed by atoms with Crippen molar-refractivity contribution in [1.29, 1.82) is 5.26 Å². The number of Topliss-reactive ketones (excluding diaryl/α,β-unsaturated/α-hetero) is 1. The summed E-state index contributed by atoms with van der Waals surface area (Å²) in [7, 11) is 1.69. The Kier molecular flexibility index (Phi) is 2.01. The van der Waals surface area contributed by atoms with Crippen LogP contribution in [-0.2, 0) is 11.2 Å². The zero-order valence-electron chi connectivity index (χ0n) is 8.15. The molecule has 1 aromatic rings. The molecule has 0 radical (unpaired) electrons. The SMILES string of the molecule is CN1C(=O)Cc2cc(C(=O)C#N)ccc21. The fourth-order valence-corrected chi connectivity index (χ4v) is 1.68. The van der Waals surface area contributed by atoms with Gasteiger partial charge in [0.2, 0.25) is 5.91 Å². The minimum Gasteiger partial charge on any atom is -0.315 e. The average Bonchev–Trinajstić information content (AvgIpc) is 2.53. The number of anilines is 1. The van der Waals surface area contributed by atoms with Gasteiger partial charge in [-0.3, -0.25) is 9.59 Å². The smallest absolute Gasteiger partial charge is 0.262 e. The van der Waals surface area contributed by atoms with E-state index in [1.807, 2.05) is 0 Å². The van der Waals surface area contributed by atoms with Crippen LogP contribution in [0.25, 0.3) is 0 Å². The lowest BCUT2D eigenvalue weighted by Gasteiger charge is -2.09. The monoisotopic (exact) mass is 200 g/mol. The standard InChI is InChI=1S/C11H8N2O2/c1-13-9-3-2-7(10(14)6-12)4-8(9)5-11(13)15/h2-4H,5H2,1H3. The van der Waals surface area contributed by atoms with Crippen LogP contribution in [0.5, 0.6) is 0 Å². The molecule has 1 heterocycles. The van der Waals surface area contributed by atoms with Crippen molar-refractivity contribution in [1.82, 2.24) is 0 Å². The Morgan fingerprint density at radius 3 is 2.93 bits per heavy atom. The first-order valence-corrected chi connectivity index (χ1v) is 4.47. The van der Waals surface area contributed by atoms with Crippen molar-refractivity contribution in [2.75, 3.05) is 11.9 Å². The predicted molar refractivity (Wildman–Crippen MR) is 53.5 cm³/mol. The number of nitrogens with zero attached hydrogens (tertiary/aromatic N) is 2. The number of carbonyl (C=O) groups is 2. The van der Waals surface area contributed by atoms with E-state index in [2.05, 4.69) is 0 Å². The quantitative estimate of drug-likeness (QED) is 0.500. The minimum absolute atomic E-state index is 0.00607. The van der Waals surface area contributed by atoms with Gasteiger partial charge >= 0.3 is 0 Å². The lowest BCUT2D eigenvalue weighted by atomic mass is 10.1. The van der Waals surface area contributed by atoms with Crippen molar-refractivity contribution < 1.29 is 9.59 Å². The first kappa shape index (κ1) is 9.41. The van der Waals surface area contributed by atoms with Gasteiger partial charge < -0.3 is 4.90 Å². The van der Waals surface area contributed by atoms with Gasteiger partial charge in [0.1, 0.15) is 6.07 Å². The van der Waals surface area contributed by atoms with Gasteiger partial charge in [-0.05, 0) is 23.8 Å². The zero-order valence-corrected chi connectivity index (χ0v) is 8.15. The molecule has 0 unspecified atom stereocenters. The summed E-state index contributed by atoms with van der Waals surface area (Å²) >= 11 is 0. The van der Waals surface area contributed by atoms with E-state index < -0.39 is 5.78 Å². The Morgan fingerprint density at radius 1 is 1.53 bits per heavy atom. The highest BCUT2D eigenvalue weighted by molar-refractivity contribution is 6.09. The van der Waals surface area contributed by atoms with Crippen LogP contribution in [0.4, 0.5) is 5.69 Å². The van der Waals surface area contributed by atoms with E-state index in [0.29, 0.717) is 12.0 Å². The van der Waals surface area contributed by atoms with E-state index in [-0.39, 0.29) is 5.91 Å². The Labute approximate surface area is 86.7 Å². The van der Waals surface area contributed by atoms with Crippen LogP contribution in [0.15, 0.2) is 18.2 Å². The predicted octanol–water partition coefficient (Wildman–Crippen LogP) is 0.912. The second kappa shape index (κ2) is 3.21. The van der Waals surface area contributed by atoms with E-state index in [1.165, 1.54) is 0 Å². The van der Waals surface area contributed by atoms with Crippen LogP contribution < -0.4 is 4.90 Å². The third kappa shape index (κ3) is 1.38. The molecule has 4 heteroatoms. The maximum atomic E-state index is 11.4. The number of likely N-dealkylation sites (N-methyl/N-ethyl adjacent to an activating group) is 1. The van der Waals surface area contributed by atoms with Crippen molar-refractivity contribution >= 4 is 17.4 Å². The Bertz CT molecular complexity index is 500. The molecule has 0 saturated carbocycles. The Hall–Kier alpha value is -2.15. The van der Waals surface area contributed by atoms with Crippen LogP contribution in [0, 0.1) is 11.3 Å². The van der Waals surface area contributed by atoms with Gasteiger partial charge in [-0.15, -0.1) is 0 Å². The van der Waals surface area contributed by atoms with E-state index in [9.17, 15) is 9.59 Å². The summed E-state index contributed by atoms with van der Waals surface area (Å²) in [4.78, 5) is 24.0. The molecular weight excluding hydrogens is 192 g/mol. The molecule has 0 saturated heterocycles. The van der Waals surface area contributed by atoms with Crippen LogP contribution in [0.2, 0.25) is 0 Å². The van der Waals surface area contributed by atoms with Gasteiger partial charge in [-0.25, -0.2) is 0 Å². The molecule has 4 nitrogen and oxygen atoms in total. The van der Waals surface area contributed by atoms with E-state index in [4.69, 9.17) is 5.26 Å². The molecule has 0 N–H and O–H groups in total. The van der Waals surface area contributed by atoms with Gasteiger partial charge in [-0.1, -0.05) is 0 Å². The molecule has 0 aromatic heterocycles. The topological polar surface area (TPSA) is 61.2 Å². The number of benzene rings is 1. The second-order valence-corrected chi connectivity index (χ2v) is 3.41. The molecular formula is C11H8N2O2. The second-order valence-electron chi connectivity index (χ2n) is 3.41. The average molecular weight is 200 g/mol. The van der Waals surface area contributed by atoms with Crippen LogP contribution >= 0.6 is 0 Å². The molecule has 2 rings (SSSR count). The molecule has 1 aromatic carbocycles. The summed E-state index contributed by atoms with van der Waals surface area (Å²) in [5, 5.41) is 8.46. The fourth-order valence-electron chi connectivity index (χ4n) is 1.68. The first-order chi connectivity index (χ1) is 7.13. The lowest BCUT2D eigenvalue weighted by Crippen LogP contribution is -2.20. The summed E-state index contributed by atoms with van der Waals surface area (Å²) in [6.45, 7) is 0. The van der Waals surface area contributed by atoms with Crippen molar-refractivity contribution in [2.24, 2.45) is 0 Å². The number of nitriles is 1. The maximum absolute atomic E-state index is 11.4. The molecule has 74 valence electrons. The third-order valence-electron chi connectivity index (χ3n) is 2.52. The number of fused-ring (bicyclic) bond motifs is 1. The number of amides is 1. The summed E-state index contributed by atoms with van der Waals surface area (Å²) in [6, 6.07) is 6.44.